The molecule has 0 saturated carbocycles. The molecule has 1 fully saturated rings. The van der Waals surface area contributed by atoms with Gasteiger partial charge in [0, 0.05) is 24.6 Å². The second-order valence-electron chi connectivity index (χ2n) is 4.38. The Kier molecular flexibility index (Phi) is 3.91. The van der Waals surface area contributed by atoms with Gasteiger partial charge in [-0.1, -0.05) is 0 Å². The van der Waals surface area contributed by atoms with Crippen molar-refractivity contribution in [1.29, 1.82) is 0 Å². The van der Waals surface area contributed by atoms with Crippen LogP contribution < -0.4 is 4.90 Å². The van der Waals surface area contributed by atoms with Crippen molar-refractivity contribution in [2.24, 2.45) is 5.92 Å². The summed E-state index contributed by atoms with van der Waals surface area (Å²) >= 11 is 3.00. The van der Waals surface area contributed by atoms with Crippen LogP contribution in [0.3, 0.4) is 0 Å². The van der Waals surface area contributed by atoms with E-state index in [-0.39, 0.29) is 23.3 Å². The van der Waals surface area contributed by atoms with Gasteiger partial charge in [-0.15, -0.1) is 3.89 Å². The lowest BCUT2D eigenvalue weighted by Gasteiger charge is -2.16. The van der Waals surface area contributed by atoms with Crippen LogP contribution in [0.2, 0.25) is 0 Å². The average molecular weight is 354 g/mol. The van der Waals surface area contributed by atoms with Crippen LogP contribution in [0.4, 0.5) is 14.0 Å². The Morgan fingerprint density at radius 3 is 2.68 bits per heavy atom. The molecule has 1 atom stereocenters. The SMILES string of the molecule is O=C1CC(CS(=O)(=O)F)CN1c1ccc(Br)c(F)c1. The van der Waals surface area contributed by atoms with Crippen molar-refractivity contribution >= 4 is 37.7 Å². The Morgan fingerprint density at radius 2 is 2.11 bits per heavy atom. The Bertz CT molecular complexity index is 620. The van der Waals surface area contributed by atoms with Crippen molar-refractivity contribution in [3.63, 3.8) is 0 Å². The van der Waals surface area contributed by atoms with Gasteiger partial charge in [0.2, 0.25) is 5.91 Å². The molecular weight excluding hydrogens is 344 g/mol. The number of anilines is 1. The zero-order chi connectivity index (χ0) is 14.2. The lowest BCUT2D eigenvalue weighted by atomic mass is 10.1. The predicted molar refractivity (Wildman–Crippen MR) is 69.5 cm³/mol. The molecule has 0 aromatic heterocycles. The first-order valence-corrected chi connectivity index (χ1v) is 7.78. The van der Waals surface area contributed by atoms with Crippen molar-refractivity contribution in [3.8, 4) is 0 Å². The maximum absolute atomic E-state index is 13.4. The van der Waals surface area contributed by atoms with Crippen LogP contribution in [0.15, 0.2) is 22.7 Å². The summed E-state index contributed by atoms with van der Waals surface area (Å²) in [5.41, 5.74) is 0.337. The molecule has 1 unspecified atom stereocenters. The zero-order valence-corrected chi connectivity index (χ0v) is 12.0. The highest BCUT2D eigenvalue weighted by Gasteiger charge is 2.33. The molecule has 1 aromatic carbocycles. The van der Waals surface area contributed by atoms with Crippen LogP contribution in [0, 0.1) is 11.7 Å². The van der Waals surface area contributed by atoms with Crippen molar-refractivity contribution in [1.82, 2.24) is 0 Å². The van der Waals surface area contributed by atoms with Gasteiger partial charge in [-0.05, 0) is 34.1 Å². The van der Waals surface area contributed by atoms with E-state index >= 15 is 0 Å². The molecule has 0 aliphatic carbocycles. The van der Waals surface area contributed by atoms with E-state index in [1.165, 1.54) is 23.1 Å². The topological polar surface area (TPSA) is 54.5 Å². The second kappa shape index (κ2) is 5.16. The molecule has 2 rings (SSSR count). The average Bonchev–Trinajstić information content (AvgIpc) is 2.61. The summed E-state index contributed by atoms with van der Waals surface area (Å²) in [4.78, 5) is 13.0. The van der Waals surface area contributed by atoms with Crippen LogP contribution in [-0.4, -0.2) is 26.6 Å². The normalized spacial score (nSPS) is 20.1. The molecule has 104 valence electrons. The van der Waals surface area contributed by atoms with Crippen LogP contribution in [0.25, 0.3) is 0 Å². The smallest absolute Gasteiger partial charge is 0.302 e. The van der Waals surface area contributed by atoms with Gasteiger partial charge in [-0.2, -0.15) is 8.42 Å². The van der Waals surface area contributed by atoms with Crippen LogP contribution in [0.5, 0.6) is 0 Å². The molecule has 0 spiro atoms. The number of amides is 1. The van der Waals surface area contributed by atoms with Crippen molar-refractivity contribution < 1.29 is 21.5 Å². The number of nitrogens with zero attached hydrogens (tertiary/aromatic N) is 1. The van der Waals surface area contributed by atoms with E-state index < -0.39 is 27.7 Å². The fourth-order valence-corrected chi connectivity index (χ4v) is 3.11. The predicted octanol–water partition coefficient (Wildman–Crippen LogP) is 2.24. The first-order chi connectivity index (χ1) is 8.76. The van der Waals surface area contributed by atoms with Gasteiger partial charge in [-0.25, -0.2) is 4.39 Å². The zero-order valence-electron chi connectivity index (χ0n) is 9.64. The van der Waals surface area contributed by atoms with E-state index in [1.54, 1.807) is 0 Å². The summed E-state index contributed by atoms with van der Waals surface area (Å²) < 4.78 is 47.4. The summed E-state index contributed by atoms with van der Waals surface area (Å²) in [6.45, 7) is 0.0725. The van der Waals surface area contributed by atoms with Crippen molar-refractivity contribution in [2.45, 2.75) is 6.42 Å². The maximum Gasteiger partial charge on any atom is 0.302 e. The molecule has 8 heteroatoms. The highest BCUT2D eigenvalue weighted by molar-refractivity contribution is 9.10. The van der Waals surface area contributed by atoms with Gasteiger partial charge in [0.05, 0.1) is 10.2 Å². The van der Waals surface area contributed by atoms with Crippen LogP contribution in [0.1, 0.15) is 6.42 Å². The number of carbonyl (C=O) groups excluding carboxylic acids is 1. The minimum absolute atomic E-state index is 0.0547. The van der Waals surface area contributed by atoms with Crippen LogP contribution in [-0.2, 0) is 15.0 Å². The van der Waals surface area contributed by atoms with E-state index in [9.17, 15) is 21.5 Å². The molecule has 4 nitrogen and oxygen atoms in total. The molecule has 1 aliphatic heterocycles. The van der Waals surface area contributed by atoms with Gasteiger partial charge < -0.3 is 4.90 Å². The van der Waals surface area contributed by atoms with Gasteiger partial charge in [0.15, 0.2) is 0 Å². The first-order valence-electron chi connectivity index (χ1n) is 5.44. The Labute approximate surface area is 117 Å². The van der Waals surface area contributed by atoms with Gasteiger partial charge in [0.1, 0.15) is 5.82 Å². The highest BCUT2D eigenvalue weighted by atomic mass is 79.9. The van der Waals surface area contributed by atoms with Crippen molar-refractivity contribution in [2.75, 3.05) is 17.2 Å². The third-order valence-corrected chi connectivity index (χ3v) is 4.37. The lowest BCUT2D eigenvalue weighted by Crippen LogP contribution is -2.25. The fraction of sp³-hybridized carbons (Fsp3) is 0.364. The van der Waals surface area contributed by atoms with E-state index in [1.807, 2.05) is 0 Å². The van der Waals surface area contributed by atoms with Gasteiger partial charge in [-0.3, -0.25) is 4.79 Å². The summed E-state index contributed by atoms with van der Waals surface area (Å²) in [7, 11) is -4.61. The second-order valence-corrected chi connectivity index (χ2v) is 6.64. The molecule has 1 aliphatic rings. The number of halogens is 3. The Morgan fingerprint density at radius 1 is 1.42 bits per heavy atom. The Hall–Kier alpha value is -1.02. The largest absolute Gasteiger partial charge is 0.312 e. The quantitative estimate of drug-likeness (QED) is 0.783. The number of benzene rings is 1. The van der Waals surface area contributed by atoms with E-state index in [2.05, 4.69) is 15.9 Å². The van der Waals surface area contributed by atoms with E-state index in [0.717, 1.165) is 0 Å². The maximum atomic E-state index is 13.4. The molecule has 0 bridgehead atoms. The number of hydrogen-bond acceptors (Lipinski definition) is 3. The standard InChI is InChI=1S/C11H10BrF2NO3S/c12-9-2-1-8(4-10(9)13)15-5-7(3-11(15)16)6-19(14,17)18/h1-2,4,7H,3,5-6H2. The molecule has 0 N–H and O–H groups in total. The molecule has 1 heterocycles. The molecule has 0 radical (unpaired) electrons. The number of hydrogen-bond donors (Lipinski definition) is 0. The summed E-state index contributed by atoms with van der Waals surface area (Å²) in [6, 6.07) is 4.17. The van der Waals surface area contributed by atoms with Crippen molar-refractivity contribution in [3.05, 3.63) is 28.5 Å². The van der Waals surface area contributed by atoms with Crippen LogP contribution >= 0.6 is 15.9 Å². The monoisotopic (exact) mass is 353 g/mol. The molecule has 19 heavy (non-hydrogen) atoms. The number of rotatable bonds is 3. The fourth-order valence-electron chi connectivity index (χ4n) is 2.08. The summed E-state index contributed by atoms with van der Waals surface area (Å²) in [5, 5.41) is 0. The van der Waals surface area contributed by atoms with E-state index in [4.69, 9.17) is 0 Å². The Balaban J connectivity index is 2.18. The minimum Gasteiger partial charge on any atom is -0.312 e. The molecular formula is C11H10BrF2NO3S. The number of carbonyl (C=O) groups is 1. The third kappa shape index (κ3) is 3.50. The summed E-state index contributed by atoms with van der Waals surface area (Å²) in [6.07, 6.45) is -0.0547. The third-order valence-electron chi connectivity index (χ3n) is 2.85. The minimum atomic E-state index is -4.61. The van der Waals surface area contributed by atoms with E-state index in [0.29, 0.717) is 5.69 Å². The van der Waals surface area contributed by atoms with Gasteiger partial charge in [0.25, 0.3) is 0 Å². The highest BCUT2D eigenvalue weighted by Crippen LogP contribution is 2.28. The molecule has 1 amide bonds. The molecule has 1 saturated heterocycles. The summed E-state index contributed by atoms with van der Waals surface area (Å²) in [5.74, 6) is -2.15. The lowest BCUT2D eigenvalue weighted by molar-refractivity contribution is -0.117. The first kappa shape index (κ1) is 14.4. The molecule has 1 aromatic rings. The van der Waals surface area contributed by atoms with Gasteiger partial charge >= 0.3 is 10.2 Å².